The molecular weight excluding hydrogens is 364 g/mol. The van der Waals surface area contributed by atoms with Gasteiger partial charge in [0.05, 0.1) is 11.0 Å². The Hall–Kier alpha value is -3.48. The lowest BCUT2D eigenvalue weighted by atomic mass is 9.98. The van der Waals surface area contributed by atoms with Gasteiger partial charge in [-0.1, -0.05) is 12.1 Å². The maximum atomic E-state index is 12.8. The van der Waals surface area contributed by atoms with E-state index in [0.717, 1.165) is 0 Å². The summed E-state index contributed by atoms with van der Waals surface area (Å²) in [4.78, 5) is 24.5. The predicted octanol–water partition coefficient (Wildman–Crippen LogP) is 3.80. The Balaban J connectivity index is 1.88. The minimum atomic E-state index is -0.660. The third-order valence-corrected chi connectivity index (χ3v) is 4.04. The van der Waals surface area contributed by atoms with Crippen molar-refractivity contribution in [3.63, 3.8) is 0 Å². The van der Waals surface area contributed by atoms with Crippen molar-refractivity contribution in [2.24, 2.45) is 5.41 Å². The summed E-state index contributed by atoms with van der Waals surface area (Å²) >= 11 is 0. The standard InChI is InChI=1S/C21H20O7/c1-21(2,3)20(25)28-11-27-14-8-16(23)18-17(9-14)26-10-15(19(18)24)12-4-6-13(22)7-5-12/h4-10,22-23H,11H2,1-3H3. The van der Waals surface area contributed by atoms with E-state index in [0.29, 0.717) is 5.56 Å². The van der Waals surface area contributed by atoms with Crippen molar-refractivity contribution in [3.8, 4) is 28.4 Å². The maximum absolute atomic E-state index is 12.8. The van der Waals surface area contributed by atoms with Crippen LogP contribution in [0.15, 0.2) is 51.9 Å². The van der Waals surface area contributed by atoms with Crippen molar-refractivity contribution in [2.75, 3.05) is 6.79 Å². The Morgan fingerprint density at radius 1 is 1.11 bits per heavy atom. The number of rotatable bonds is 4. The van der Waals surface area contributed by atoms with Gasteiger partial charge in [0.25, 0.3) is 0 Å². The van der Waals surface area contributed by atoms with Crippen molar-refractivity contribution < 1.29 is 28.9 Å². The first-order valence-electron chi connectivity index (χ1n) is 8.55. The molecule has 0 saturated heterocycles. The van der Waals surface area contributed by atoms with Crippen LogP contribution in [0.4, 0.5) is 0 Å². The van der Waals surface area contributed by atoms with E-state index in [4.69, 9.17) is 13.9 Å². The lowest BCUT2D eigenvalue weighted by Gasteiger charge is -2.16. The highest BCUT2D eigenvalue weighted by molar-refractivity contribution is 5.88. The lowest BCUT2D eigenvalue weighted by molar-refractivity contribution is -0.159. The fourth-order valence-corrected chi connectivity index (χ4v) is 2.50. The van der Waals surface area contributed by atoms with Crippen LogP contribution in [0.3, 0.4) is 0 Å². The molecule has 2 N–H and O–H groups in total. The maximum Gasteiger partial charge on any atom is 0.314 e. The minimum Gasteiger partial charge on any atom is -0.508 e. The Kier molecular flexibility index (Phi) is 5.00. The molecule has 28 heavy (non-hydrogen) atoms. The van der Waals surface area contributed by atoms with Gasteiger partial charge in [0.15, 0.2) is 0 Å². The molecule has 146 valence electrons. The third kappa shape index (κ3) is 3.93. The molecule has 0 aliphatic carbocycles. The van der Waals surface area contributed by atoms with Gasteiger partial charge < -0.3 is 24.1 Å². The zero-order chi connectivity index (χ0) is 20.5. The second-order valence-electron chi connectivity index (χ2n) is 7.28. The molecule has 0 saturated carbocycles. The quantitative estimate of drug-likeness (QED) is 0.520. The molecule has 0 fully saturated rings. The molecule has 1 heterocycles. The first-order valence-corrected chi connectivity index (χ1v) is 8.55. The molecule has 0 atom stereocenters. The zero-order valence-electron chi connectivity index (χ0n) is 15.7. The molecule has 1 aromatic heterocycles. The fraction of sp³-hybridized carbons (Fsp3) is 0.238. The van der Waals surface area contributed by atoms with E-state index in [1.807, 2.05) is 0 Å². The first-order chi connectivity index (χ1) is 13.2. The number of carbonyl (C=O) groups is 1. The first kappa shape index (κ1) is 19.3. The monoisotopic (exact) mass is 384 g/mol. The van der Waals surface area contributed by atoms with E-state index in [1.54, 1.807) is 32.9 Å². The van der Waals surface area contributed by atoms with E-state index in [2.05, 4.69) is 0 Å². The van der Waals surface area contributed by atoms with Crippen LogP contribution in [-0.4, -0.2) is 23.0 Å². The number of ether oxygens (including phenoxy) is 2. The lowest BCUT2D eigenvalue weighted by Crippen LogP contribution is -2.24. The number of phenols is 2. The van der Waals surface area contributed by atoms with Gasteiger partial charge in [0.1, 0.15) is 34.5 Å². The van der Waals surface area contributed by atoms with Crippen LogP contribution in [0.2, 0.25) is 0 Å². The minimum absolute atomic E-state index is 0.00427. The highest BCUT2D eigenvalue weighted by Gasteiger charge is 2.23. The molecule has 0 aliphatic rings. The van der Waals surface area contributed by atoms with E-state index in [-0.39, 0.29) is 40.6 Å². The second-order valence-corrected chi connectivity index (χ2v) is 7.28. The number of aromatic hydroxyl groups is 2. The number of phenolic OH excluding ortho intramolecular Hbond substituents is 2. The Labute approximate surface area is 160 Å². The molecule has 0 bridgehead atoms. The van der Waals surface area contributed by atoms with Gasteiger partial charge in [0, 0.05) is 12.1 Å². The summed E-state index contributed by atoms with van der Waals surface area (Å²) in [6.07, 6.45) is 1.28. The van der Waals surface area contributed by atoms with E-state index >= 15 is 0 Å². The molecular formula is C21H20O7. The largest absolute Gasteiger partial charge is 0.508 e. The second kappa shape index (κ2) is 7.26. The summed E-state index contributed by atoms with van der Waals surface area (Å²) in [6.45, 7) is 4.82. The van der Waals surface area contributed by atoms with Crippen LogP contribution in [0.5, 0.6) is 17.2 Å². The normalized spacial score (nSPS) is 11.4. The summed E-state index contributed by atoms with van der Waals surface area (Å²) in [6, 6.07) is 8.74. The number of fused-ring (bicyclic) bond motifs is 1. The van der Waals surface area contributed by atoms with Crippen molar-refractivity contribution in [2.45, 2.75) is 20.8 Å². The molecule has 0 spiro atoms. The van der Waals surface area contributed by atoms with Crippen LogP contribution in [0, 0.1) is 5.41 Å². The van der Waals surface area contributed by atoms with Gasteiger partial charge in [-0.05, 0) is 38.5 Å². The van der Waals surface area contributed by atoms with Gasteiger partial charge in [-0.15, -0.1) is 0 Å². The molecule has 0 radical (unpaired) electrons. The molecule has 3 rings (SSSR count). The van der Waals surface area contributed by atoms with Gasteiger partial charge in [-0.25, -0.2) is 0 Å². The SMILES string of the molecule is CC(C)(C)C(=O)OCOc1cc(O)c2c(=O)c(-c3ccc(O)cc3)coc2c1. The van der Waals surface area contributed by atoms with Gasteiger partial charge in [-0.3, -0.25) is 9.59 Å². The highest BCUT2D eigenvalue weighted by atomic mass is 16.7. The average Bonchev–Trinajstić information content (AvgIpc) is 2.62. The summed E-state index contributed by atoms with van der Waals surface area (Å²) in [5, 5.41) is 19.7. The average molecular weight is 384 g/mol. The van der Waals surface area contributed by atoms with Crippen LogP contribution < -0.4 is 10.2 Å². The van der Waals surface area contributed by atoms with Crippen LogP contribution in [0.1, 0.15) is 20.8 Å². The van der Waals surface area contributed by atoms with Crippen LogP contribution >= 0.6 is 0 Å². The molecule has 0 aliphatic heterocycles. The number of hydrogen-bond acceptors (Lipinski definition) is 7. The molecule has 0 amide bonds. The summed E-state index contributed by atoms with van der Waals surface area (Å²) in [5.74, 6) is -0.482. The number of carbonyl (C=O) groups excluding carboxylic acids is 1. The van der Waals surface area contributed by atoms with Crippen molar-refractivity contribution in [1.29, 1.82) is 0 Å². The van der Waals surface area contributed by atoms with Gasteiger partial charge in [-0.2, -0.15) is 0 Å². The number of hydrogen-bond donors (Lipinski definition) is 2. The Morgan fingerprint density at radius 3 is 2.43 bits per heavy atom. The summed E-state index contributed by atoms with van der Waals surface area (Å²) in [5.41, 5.74) is -0.163. The van der Waals surface area contributed by atoms with Crippen LogP contribution in [-0.2, 0) is 9.53 Å². The molecule has 2 aromatic carbocycles. The van der Waals surface area contributed by atoms with Crippen molar-refractivity contribution in [3.05, 3.63) is 52.9 Å². The van der Waals surface area contributed by atoms with E-state index in [1.165, 1.54) is 30.5 Å². The van der Waals surface area contributed by atoms with Gasteiger partial charge in [0.2, 0.25) is 12.2 Å². The zero-order valence-corrected chi connectivity index (χ0v) is 15.7. The predicted molar refractivity (Wildman–Crippen MR) is 102 cm³/mol. The highest BCUT2D eigenvalue weighted by Crippen LogP contribution is 2.30. The molecule has 0 unspecified atom stereocenters. The third-order valence-electron chi connectivity index (χ3n) is 4.04. The molecule has 7 nitrogen and oxygen atoms in total. The Bertz CT molecular complexity index is 1070. The summed E-state index contributed by atoms with van der Waals surface area (Å²) in [7, 11) is 0. The van der Waals surface area contributed by atoms with Crippen LogP contribution in [0.25, 0.3) is 22.1 Å². The van der Waals surface area contributed by atoms with E-state index in [9.17, 15) is 19.8 Å². The molecule has 7 heteroatoms. The Morgan fingerprint density at radius 2 is 1.79 bits per heavy atom. The van der Waals surface area contributed by atoms with Crippen molar-refractivity contribution in [1.82, 2.24) is 0 Å². The smallest absolute Gasteiger partial charge is 0.314 e. The van der Waals surface area contributed by atoms with Gasteiger partial charge >= 0.3 is 5.97 Å². The molecule has 3 aromatic rings. The van der Waals surface area contributed by atoms with Crippen molar-refractivity contribution >= 4 is 16.9 Å². The number of esters is 1. The summed E-state index contributed by atoms with van der Waals surface area (Å²) < 4.78 is 15.9. The van der Waals surface area contributed by atoms with E-state index < -0.39 is 16.8 Å². The fourth-order valence-electron chi connectivity index (χ4n) is 2.50. The number of benzene rings is 2. The topological polar surface area (TPSA) is 106 Å².